The van der Waals surface area contributed by atoms with Crippen molar-refractivity contribution in [1.29, 1.82) is 5.41 Å². The van der Waals surface area contributed by atoms with Crippen molar-refractivity contribution >= 4 is 35.3 Å². The molecule has 2 heterocycles. The molecule has 10 heteroatoms. The highest BCUT2D eigenvalue weighted by Crippen LogP contribution is 2.13. The van der Waals surface area contributed by atoms with Crippen LogP contribution < -0.4 is 16.0 Å². The molecule has 0 spiro atoms. The maximum absolute atomic E-state index is 13.4. The van der Waals surface area contributed by atoms with Crippen molar-refractivity contribution in [3.63, 3.8) is 0 Å². The lowest BCUT2D eigenvalue weighted by molar-refractivity contribution is 0.102. The average molecular weight is 439 g/mol. The number of nitrogens with zero attached hydrogens (tertiary/aromatic N) is 2. The van der Waals surface area contributed by atoms with Gasteiger partial charge < -0.3 is 21.4 Å². The maximum Gasteiger partial charge on any atom is 0.276 e. The molecule has 0 aliphatic rings. The second-order valence-electron chi connectivity index (χ2n) is 5.52. The van der Waals surface area contributed by atoms with Crippen LogP contribution in [-0.2, 0) is 0 Å². The van der Waals surface area contributed by atoms with E-state index in [2.05, 4.69) is 38.5 Å². The molecular formula is C20H31FN6O2S. The Morgan fingerprint density at radius 1 is 1.23 bits per heavy atom. The second-order valence-corrected chi connectivity index (χ2v) is 5.93. The Morgan fingerprint density at radius 3 is 2.37 bits per heavy atom. The van der Waals surface area contributed by atoms with Crippen molar-refractivity contribution in [2.24, 2.45) is 0 Å². The molecule has 0 aliphatic heterocycles. The maximum atomic E-state index is 13.4. The Morgan fingerprint density at radius 2 is 1.90 bits per heavy atom. The lowest BCUT2D eigenvalue weighted by Crippen LogP contribution is -2.27. The zero-order valence-corrected chi connectivity index (χ0v) is 18.7. The Balaban J connectivity index is 0. The van der Waals surface area contributed by atoms with E-state index in [0.717, 1.165) is 6.20 Å². The molecular weight excluding hydrogens is 407 g/mol. The summed E-state index contributed by atoms with van der Waals surface area (Å²) in [5.74, 6) is -0.649. The van der Waals surface area contributed by atoms with Gasteiger partial charge in [0.1, 0.15) is 11.6 Å². The molecule has 8 nitrogen and oxygen atoms in total. The summed E-state index contributed by atoms with van der Waals surface area (Å²) in [6.07, 6.45) is 4.52. The first kappa shape index (κ1) is 27.1. The summed E-state index contributed by atoms with van der Waals surface area (Å²) in [6.45, 7) is 7.88. The monoisotopic (exact) mass is 438 g/mol. The molecule has 2 aromatic rings. The van der Waals surface area contributed by atoms with Gasteiger partial charge in [-0.25, -0.2) is 9.37 Å². The van der Waals surface area contributed by atoms with E-state index in [0.29, 0.717) is 30.2 Å². The number of nitrogens with one attached hydrogen (secondary N) is 4. The first-order chi connectivity index (χ1) is 14.3. The molecule has 0 atom stereocenters. The van der Waals surface area contributed by atoms with Crippen LogP contribution in [0.4, 0.5) is 15.0 Å². The number of halogens is 1. The van der Waals surface area contributed by atoms with Crippen molar-refractivity contribution in [3.05, 3.63) is 53.2 Å². The summed E-state index contributed by atoms with van der Waals surface area (Å²) < 4.78 is 13.4. The van der Waals surface area contributed by atoms with E-state index in [1.807, 2.05) is 20.8 Å². The average Bonchev–Trinajstić information content (AvgIpc) is 2.76. The van der Waals surface area contributed by atoms with Gasteiger partial charge in [-0.1, -0.05) is 33.4 Å². The molecule has 0 radical (unpaired) electrons. The van der Waals surface area contributed by atoms with E-state index in [1.54, 1.807) is 19.2 Å². The summed E-state index contributed by atoms with van der Waals surface area (Å²) in [7, 11) is 1.74. The highest BCUT2D eigenvalue weighted by molar-refractivity contribution is 7.96. The highest BCUT2D eigenvalue weighted by Gasteiger charge is 2.13. The summed E-state index contributed by atoms with van der Waals surface area (Å²) in [5, 5.41) is 15.1. The predicted molar refractivity (Wildman–Crippen MR) is 123 cm³/mol. The van der Waals surface area contributed by atoms with Crippen molar-refractivity contribution < 1.29 is 15.4 Å². The third-order valence-corrected chi connectivity index (χ3v) is 3.68. The topological polar surface area (TPSA) is 120 Å². The molecule has 0 saturated carbocycles. The van der Waals surface area contributed by atoms with E-state index in [4.69, 9.17) is 5.41 Å². The zero-order valence-electron chi connectivity index (χ0n) is 17.8. The summed E-state index contributed by atoms with van der Waals surface area (Å²) in [6, 6.07) is 3.32. The first-order valence-electron chi connectivity index (χ1n) is 9.36. The number of anilines is 1. The Bertz CT molecular complexity index is 837. The van der Waals surface area contributed by atoms with E-state index in [1.165, 1.54) is 19.3 Å². The lowest BCUT2D eigenvalue weighted by Gasteiger charge is -2.08. The van der Waals surface area contributed by atoms with Crippen molar-refractivity contribution in [3.8, 4) is 0 Å². The van der Waals surface area contributed by atoms with Gasteiger partial charge in [-0.05, 0) is 32.5 Å². The van der Waals surface area contributed by atoms with Gasteiger partial charge in [-0.2, -0.15) is 0 Å². The van der Waals surface area contributed by atoms with Crippen LogP contribution in [0.5, 0.6) is 0 Å². The number of carbonyl (C=O) groups excluding carboxylic acids is 2. The first-order valence-corrected chi connectivity index (χ1v) is 9.81. The normalized spacial score (nSPS) is 9.30. The van der Waals surface area contributed by atoms with Gasteiger partial charge in [-0.15, -0.1) is 0 Å². The molecule has 30 heavy (non-hydrogen) atoms. The van der Waals surface area contributed by atoms with Gasteiger partial charge in [0.05, 0.1) is 18.4 Å². The smallest absolute Gasteiger partial charge is 0.276 e. The number of carbonyl (C=O) groups is 2. The third-order valence-electron chi connectivity index (χ3n) is 3.52. The van der Waals surface area contributed by atoms with E-state index >= 15 is 0 Å². The number of hydrogen-bond acceptors (Lipinski definition) is 6. The summed E-state index contributed by atoms with van der Waals surface area (Å²) in [4.78, 5) is 29.7. The summed E-state index contributed by atoms with van der Waals surface area (Å²) >= 11 is 3.44. The zero-order chi connectivity index (χ0) is 23.1. The summed E-state index contributed by atoms with van der Waals surface area (Å²) in [5.41, 5.74) is 1.60. The van der Waals surface area contributed by atoms with Gasteiger partial charge in [0.25, 0.3) is 11.1 Å². The number of amides is 2. The number of rotatable bonds is 6. The molecule has 2 aromatic heterocycles. The van der Waals surface area contributed by atoms with Crippen LogP contribution in [0.1, 0.15) is 50.1 Å². The van der Waals surface area contributed by atoms with E-state index in [-0.39, 0.29) is 17.8 Å². The fourth-order valence-corrected chi connectivity index (χ4v) is 2.01. The molecule has 2 amide bonds. The standard InChI is InChI=1S/C15H15FN4O.C3H8N2OS.C2H6.H2/c1-3-13(17)10-4-5-14(19-6-10)20-15(21)11-7-18-8-12(16)9(11)2;1-4-2-5-3(6)7;1-2;/h4-8,17H,3H2,1-2H3,(H,19,20,21);4H,2H2,1H3,(H2,5,6,7);1-2H3;1H. The van der Waals surface area contributed by atoms with Gasteiger partial charge in [0.15, 0.2) is 0 Å². The fraction of sp³-hybridized carbons (Fsp3) is 0.350. The molecule has 0 aliphatic carbocycles. The van der Waals surface area contributed by atoms with Crippen molar-refractivity contribution in [1.82, 2.24) is 20.6 Å². The Labute approximate surface area is 183 Å². The number of pyridine rings is 2. The minimum absolute atomic E-state index is 0. The van der Waals surface area contributed by atoms with Crippen LogP contribution in [0.2, 0.25) is 0 Å². The van der Waals surface area contributed by atoms with Crippen LogP contribution in [0, 0.1) is 18.2 Å². The minimum Gasteiger partial charge on any atom is -0.335 e. The van der Waals surface area contributed by atoms with Crippen LogP contribution >= 0.6 is 12.6 Å². The largest absolute Gasteiger partial charge is 0.335 e. The number of hydrogen-bond donors (Lipinski definition) is 5. The van der Waals surface area contributed by atoms with Crippen molar-refractivity contribution in [2.75, 3.05) is 19.0 Å². The van der Waals surface area contributed by atoms with E-state index in [9.17, 15) is 14.0 Å². The van der Waals surface area contributed by atoms with Crippen LogP contribution in [0.3, 0.4) is 0 Å². The molecule has 0 aromatic carbocycles. The molecule has 0 bridgehead atoms. The quantitative estimate of drug-likeness (QED) is 0.265. The molecule has 0 saturated heterocycles. The second kappa shape index (κ2) is 15.1. The van der Waals surface area contributed by atoms with Crippen molar-refractivity contribution in [2.45, 2.75) is 34.1 Å². The van der Waals surface area contributed by atoms with E-state index < -0.39 is 11.7 Å². The third kappa shape index (κ3) is 9.57. The van der Waals surface area contributed by atoms with Crippen LogP contribution in [0.25, 0.3) is 0 Å². The van der Waals surface area contributed by atoms with Crippen LogP contribution in [-0.4, -0.2) is 40.5 Å². The lowest BCUT2D eigenvalue weighted by atomic mass is 10.1. The minimum atomic E-state index is -0.526. The fourth-order valence-electron chi connectivity index (χ4n) is 1.93. The molecule has 2 rings (SSSR count). The highest BCUT2D eigenvalue weighted by atomic mass is 32.1. The molecule has 166 valence electrons. The van der Waals surface area contributed by atoms with Gasteiger partial charge in [0, 0.05) is 30.7 Å². The number of thiol groups is 1. The molecule has 0 fully saturated rings. The predicted octanol–water partition coefficient (Wildman–Crippen LogP) is 4.03. The van der Waals surface area contributed by atoms with Gasteiger partial charge in [0.2, 0.25) is 0 Å². The Hall–Kier alpha value is -2.85. The Kier molecular flexibility index (Phi) is 13.6. The number of aromatic nitrogens is 2. The molecule has 0 unspecified atom stereocenters. The molecule has 4 N–H and O–H groups in total. The van der Waals surface area contributed by atoms with Gasteiger partial charge >= 0.3 is 0 Å². The van der Waals surface area contributed by atoms with Crippen LogP contribution in [0.15, 0.2) is 30.7 Å². The SMILES string of the molecule is CC.CCC(=N)c1ccc(NC(=O)c2cncc(F)c2C)nc1.CNCNC(=O)S.[HH]. The van der Waals surface area contributed by atoms with Gasteiger partial charge in [-0.3, -0.25) is 14.6 Å².